The molecule has 0 spiro atoms. The van der Waals surface area contributed by atoms with Gasteiger partial charge in [-0.25, -0.2) is 4.79 Å². The molecule has 3 rings (SSSR count). The van der Waals surface area contributed by atoms with Crippen LogP contribution >= 0.6 is 0 Å². The highest BCUT2D eigenvalue weighted by Gasteiger charge is 2.24. The molecule has 4 amide bonds. The number of carbonyl (C=O) groups excluding carboxylic acids is 3. The SMILES string of the molecule is N/C(NC(=O)NCCCCNC(=O)[C@@H]1CCCN1)=C(\N)C(=O)NC1Cc2ccccc2C1. The fourth-order valence-corrected chi connectivity index (χ4v) is 3.98. The quantitative estimate of drug-likeness (QED) is 0.197. The van der Waals surface area contributed by atoms with E-state index in [0.717, 1.165) is 38.6 Å². The summed E-state index contributed by atoms with van der Waals surface area (Å²) < 4.78 is 0. The number of rotatable bonds is 9. The van der Waals surface area contributed by atoms with Gasteiger partial charge >= 0.3 is 6.03 Å². The van der Waals surface area contributed by atoms with E-state index in [1.54, 1.807) is 0 Å². The first-order valence-electron chi connectivity index (χ1n) is 11.1. The standard InChI is InChI=1S/C22H33N7O3/c23-18(21(31)28-16-12-14-6-1-2-7-15(14)13-16)19(24)29-22(32)27-10-4-3-9-26-20(30)17-8-5-11-25-17/h1-2,6-7,16-17,25H,3-5,8-13,23-24H2,(H,26,30)(H,28,31)(H2,27,29,32)/b19-18+/t17-/m0/s1. The van der Waals surface area contributed by atoms with E-state index in [-0.39, 0.29) is 29.5 Å². The van der Waals surface area contributed by atoms with Crippen molar-refractivity contribution in [2.75, 3.05) is 19.6 Å². The molecule has 0 radical (unpaired) electrons. The van der Waals surface area contributed by atoms with Crippen molar-refractivity contribution < 1.29 is 14.4 Å². The predicted molar refractivity (Wildman–Crippen MR) is 121 cm³/mol. The monoisotopic (exact) mass is 443 g/mol. The molecule has 1 atom stereocenters. The molecule has 0 bridgehead atoms. The minimum atomic E-state index is -0.536. The Kier molecular flexibility index (Phi) is 8.32. The average molecular weight is 444 g/mol. The highest BCUT2D eigenvalue weighted by atomic mass is 16.2. The van der Waals surface area contributed by atoms with Crippen molar-refractivity contribution in [3.8, 4) is 0 Å². The van der Waals surface area contributed by atoms with Crippen LogP contribution in [-0.4, -0.2) is 49.6 Å². The van der Waals surface area contributed by atoms with Crippen LogP contribution in [0.15, 0.2) is 35.8 Å². The predicted octanol–water partition coefficient (Wildman–Crippen LogP) is -0.696. The molecule has 1 aromatic carbocycles. The van der Waals surface area contributed by atoms with Crippen molar-refractivity contribution in [1.29, 1.82) is 0 Å². The molecule has 1 fully saturated rings. The highest BCUT2D eigenvalue weighted by molar-refractivity contribution is 5.94. The third kappa shape index (κ3) is 6.61. The molecule has 0 aromatic heterocycles. The van der Waals surface area contributed by atoms with E-state index in [1.807, 2.05) is 24.3 Å². The maximum Gasteiger partial charge on any atom is 0.320 e. The molecule has 174 valence electrons. The molecule has 0 unspecified atom stereocenters. The highest BCUT2D eigenvalue weighted by Crippen LogP contribution is 2.21. The molecule has 1 saturated heterocycles. The van der Waals surface area contributed by atoms with Gasteiger partial charge in [-0.05, 0) is 56.2 Å². The topological polar surface area (TPSA) is 163 Å². The summed E-state index contributed by atoms with van der Waals surface area (Å²) in [6.45, 7) is 1.85. The first kappa shape index (κ1) is 23.4. The van der Waals surface area contributed by atoms with Gasteiger partial charge in [0.05, 0.1) is 6.04 Å². The normalized spacial score (nSPS) is 18.4. The van der Waals surface area contributed by atoms with E-state index in [1.165, 1.54) is 11.1 Å². The molecular formula is C22H33N7O3. The van der Waals surface area contributed by atoms with E-state index >= 15 is 0 Å². The number of urea groups is 1. The molecule has 10 heteroatoms. The minimum absolute atomic E-state index is 0.0290. The number of unbranched alkanes of at least 4 members (excludes halogenated alkanes) is 1. The zero-order valence-corrected chi connectivity index (χ0v) is 18.2. The van der Waals surface area contributed by atoms with Crippen LogP contribution in [0.5, 0.6) is 0 Å². The van der Waals surface area contributed by atoms with E-state index in [0.29, 0.717) is 19.5 Å². The Balaban J connectivity index is 1.30. The number of nitrogens with two attached hydrogens (primary N) is 2. The van der Waals surface area contributed by atoms with Gasteiger partial charge in [0.15, 0.2) is 0 Å². The Hall–Kier alpha value is -3.27. The van der Waals surface area contributed by atoms with Crippen LogP contribution in [0.2, 0.25) is 0 Å². The molecule has 1 aliphatic heterocycles. The lowest BCUT2D eigenvalue weighted by molar-refractivity contribution is -0.122. The van der Waals surface area contributed by atoms with Crippen LogP contribution in [-0.2, 0) is 22.4 Å². The van der Waals surface area contributed by atoms with Crippen molar-refractivity contribution in [2.24, 2.45) is 11.5 Å². The van der Waals surface area contributed by atoms with Gasteiger partial charge in [-0.1, -0.05) is 24.3 Å². The van der Waals surface area contributed by atoms with Crippen LogP contribution in [0.4, 0.5) is 4.79 Å². The number of amides is 4. The van der Waals surface area contributed by atoms with E-state index in [4.69, 9.17) is 11.5 Å². The first-order valence-corrected chi connectivity index (χ1v) is 11.1. The zero-order valence-electron chi connectivity index (χ0n) is 18.2. The molecule has 1 aliphatic carbocycles. The third-order valence-corrected chi connectivity index (χ3v) is 5.73. The summed E-state index contributed by atoms with van der Waals surface area (Å²) in [6.07, 6.45) is 4.79. The van der Waals surface area contributed by atoms with Gasteiger partial charge in [-0.15, -0.1) is 0 Å². The van der Waals surface area contributed by atoms with Gasteiger partial charge < -0.3 is 32.7 Å². The Morgan fingerprint density at radius 2 is 1.66 bits per heavy atom. The third-order valence-electron chi connectivity index (χ3n) is 5.73. The second-order valence-corrected chi connectivity index (χ2v) is 8.20. The van der Waals surface area contributed by atoms with Crippen LogP contribution < -0.4 is 38.1 Å². The van der Waals surface area contributed by atoms with E-state index in [9.17, 15) is 14.4 Å². The number of carbonyl (C=O) groups is 3. The van der Waals surface area contributed by atoms with Gasteiger partial charge in [-0.2, -0.15) is 0 Å². The zero-order chi connectivity index (χ0) is 22.9. The van der Waals surface area contributed by atoms with Crippen molar-refractivity contribution >= 4 is 17.8 Å². The van der Waals surface area contributed by atoms with Crippen LogP contribution in [0.3, 0.4) is 0 Å². The number of nitrogens with one attached hydrogen (secondary N) is 5. The summed E-state index contributed by atoms with van der Waals surface area (Å²) in [5, 5.41) is 14.0. The molecule has 1 aromatic rings. The second-order valence-electron chi connectivity index (χ2n) is 8.20. The van der Waals surface area contributed by atoms with Gasteiger partial charge in [0.25, 0.3) is 5.91 Å². The van der Waals surface area contributed by atoms with E-state index in [2.05, 4.69) is 26.6 Å². The van der Waals surface area contributed by atoms with Crippen LogP contribution in [0.1, 0.15) is 36.8 Å². The fraction of sp³-hybridized carbons (Fsp3) is 0.500. The smallest absolute Gasteiger partial charge is 0.320 e. The maximum atomic E-state index is 12.4. The van der Waals surface area contributed by atoms with E-state index < -0.39 is 11.9 Å². The average Bonchev–Trinajstić information content (AvgIpc) is 3.44. The number of hydrogen-bond acceptors (Lipinski definition) is 6. The van der Waals surface area contributed by atoms with Crippen molar-refractivity contribution in [2.45, 2.75) is 50.6 Å². The summed E-state index contributed by atoms with van der Waals surface area (Å²) >= 11 is 0. The van der Waals surface area contributed by atoms with Crippen molar-refractivity contribution in [1.82, 2.24) is 26.6 Å². The lowest BCUT2D eigenvalue weighted by Gasteiger charge is -2.14. The van der Waals surface area contributed by atoms with Crippen LogP contribution in [0, 0.1) is 0 Å². The lowest BCUT2D eigenvalue weighted by atomic mass is 10.1. The fourth-order valence-electron chi connectivity index (χ4n) is 3.98. The Morgan fingerprint density at radius 1 is 1.00 bits per heavy atom. The summed E-state index contributed by atoms with van der Waals surface area (Å²) in [5.74, 6) is -0.665. The largest absolute Gasteiger partial charge is 0.391 e. The van der Waals surface area contributed by atoms with Gasteiger partial charge in [0, 0.05) is 19.1 Å². The molecule has 9 N–H and O–H groups in total. The summed E-state index contributed by atoms with van der Waals surface area (Å²) in [5.41, 5.74) is 13.8. The molecule has 10 nitrogen and oxygen atoms in total. The molecule has 32 heavy (non-hydrogen) atoms. The maximum absolute atomic E-state index is 12.4. The molecule has 2 aliphatic rings. The second kappa shape index (κ2) is 11.4. The van der Waals surface area contributed by atoms with Crippen molar-refractivity contribution in [3.05, 3.63) is 46.9 Å². The molecule has 1 heterocycles. The van der Waals surface area contributed by atoms with Gasteiger partial charge in [0.2, 0.25) is 5.91 Å². The Morgan fingerprint density at radius 3 is 2.28 bits per heavy atom. The Bertz CT molecular complexity index is 840. The molecular weight excluding hydrogens is 410 g/mol. The van der Waals surface area contributed by atoms with Crippen molar-refractivity contribution in [3.63, 3.8) is 0 Å². The summed E-state index contributed by atoms with van der Waals surface area (Å²) in [6, 6.07) is 7.36. The molecule has 0 saturated carbocycles. The lowest BCUT2D eigenvalue weighted by Crippen LogP contribution is -2.44. The first-order chi connectivity index (χ1) is 15.4. The minimum Gasteiger partial charge on any atom is -0.391 e. The summed E-state index contributed by atoms with van der Waals surface area (Å²) in [4.78, 5) is 36.2. The number of benzene rings is 1. The van der Waals surface area contributed by atoms with Gasteiger partial charge in [-0.3, -0.25) is 14.9 Å². The summed E-state index contributed by atoms with van der Waals surface area (Å²) in [7, 11) is 0. The van der Waals surface area contributed by atoms with Crippen LogP contribution in [0.25, 0.3) is 0 Å². The number of fused-ring (bicyclic) bond motifs is 1. The Labute approximate surface area is 187 Å². The number of hydrogen-bond donors (Lipinski definition) is 7. The van der Waals surface area contributed by atoms with Gasteiger partial charge in [0.1, 0.15) is 11.5 Å².